The van der Waals surface area contributed by atoms with Crippen LogP contribution in [0.3, 0.4) is 0 Å². The van der Waals surface area contributed by atoms with E-state index in [1.54, 1.807) is 5.01 Å². The summed E-state index contributed by atoms with van der Waals surface area (Å²) in [6.07, 6.45) is 1.06. The maximum Gasteiger partial charge on any atom is 0.247 e. The summed E-state index contributed by atoms with van der Waals surface area (Å²) in [5, 5.41) is 6.71. The highest BCUT2D eigenvalue weighted by atomic mass is 35.5. The van der Waals surface area contributed by atoms with Crippen LogP contribution in [0.1, 0.15) is 17.5 Å². The van der Waals surface area contributed by atoms with Crippen molar-refractivity contribution in [2.24, 2.45) is 5.10 Å². The number of fused-ring (bicyclic) bond motifs is 1. The van der Waals surface area contributed by atoms with Crippen LogP contribution < -0.4 is 0 Å². The maximum absolute atomic E-state index is 12.5. The fourth-order valence-electron chi connectivity index (χ4n) is 2.69. The van der Waals surface area contributed by atoms with Gasteiger partial charge in [0.15, 0.2) is 0 Å². The molecule has 0 bridgehead atoms. The molecule has 2 heterocycles. The van der Waals surface area contributed by atoms with E-state index in [-0.39, 0.29) is 5.91 Å². The highest BCUT2D eigenvalue weighted by Gasteiger charge is 2.21. The van der Waals surface area contributed by atoms with Crippen molar-refractivity contribution < 1.29 is 4.79 Å². The Kier molecular flexibility index (Phi) is 4.00. The van der Waals surface area contributed by atoms with Gasteiger partial charge in [-0.15, -0.1) is 0 Å². The van der Waals surface area contributed by atoms with Crippen molar-refractivity contribution >= 4 is 46.0 Å². The molecule has 5 nitrogen and oxygen atoms in total. The molecule has 0 N–H and O–H groups in total. The minimum Gasteiger partial charge on any atom is -0.273 e. The number of carbonyl (C=O) groups excluding carboxylic acids is 1. The van der Waals surface area contributed by atoms with Crippen molar-refractivity contribution in [3.63, 3.8) is 0 Å². The zero-order valence-electron chi connectivity index (χ0n) is 12.6. The summed E-state index contributed by atoms with van der Waals surface area (Å²) in [6, 6.07) is 13.3. The van der Waals surface area contributed by atoms with Gasteiger partial charge >= 0.3 is 0 Å². The van der Waals surface area contributed by atoms with E-state index in [0.29, 0.717) is 18.0 Å². The summed E-state index contributed by atoms with van der Waals surface area (Å²) in [5.74, 6) is -0.0125. The molecule has 0 saturated carbocycles. The van der Waals surface area contributed by atoms with E-state index in [1.807, 2.05) is 42.5 Å². The van der Waals surface area contributed by atoms with Crippen molar-refractivity contribution in [1.29, 1.82) is 0 Å². The van der Waals surface area contributed by atoms with Gasteiger partial charge in [0.25, 0.3) is 0 Å². The molecule has 2 aromatic carbocycles. The number of rotatable bonds is 3. The minimum absolute atomic E-state index is 0.0125. The third-order valence-corrected chi connectivity index (χ3v) is 4.75. The molecule has 7 heteroatoms. The van der Waals surface area contributed by atoms with Gasteiger partial charge in [-0.2, -0.15) is 13.8 Å². The molecule has 3 aromatic rings. The molecule has 0 saturated heterocycles. The first-order chi connectivity index (χ1) is 11.7. The third-order valence-electron chi connectivity index (χ3n) is 3.94. The van der Waals surface area contributed by atoms with E-state index >= 15 is 0 Å². The first-order valence-corrected chi connectivity index (χ1v) is 8.65. The lowest BCUT2D eigenvalue weighted by Crippen LogP contribution is -2.25. The summed E-state index contributed by atoms with van der Waals surface area (Å²) >= 11 is 7.09. The van der Waals surface area contributed by atoms with Gasteiger partial charge in [0, 0.05) is 11.4 Å². The summed E-state index contributed by atoms with van der Waals surface area (Å²) in [5.41, 5.74) is 4.54. The fraction of sp³-hybridized carbons (Fsp3) is 0.176. The monoisotopic (exact) mass is 356 g/mol. The van der Waals surface area contributed by atoms with Crippen LogP contribution in [-0.4, -0.2) is 31.9 Å². The summed E-state index contributed by atoms with van der Waals surface area (Å²) in [7, 11) is 0. The van der Waals surface area contributed by atoms with Crippen LogP contribution in [0.25, 0.3) is 11.0 Å². The van der Waals surface area contributed by atoms with Crippen LogP contribution >= 0.6 is 23.3 Å². The Balaban J connectivity index is 1.49. The van der Waals surface area contributed by atoms with Gasteiger partial charge in [0.2, 0.25) is 5.91 Å². The SMILES string of the molecule is O=C(Cc1ccc2nsnc2c1)N1CCC(c2ccc(Cl)cc2)=N1. The highest BCUT2D eigenvalue weighted by Crippen LogP contribution is 2.19. The molecular weight excluding hydrogens is 344 g/mol. The molecule has 1 aliphatic heterocycles. The molecule has 1 aliphatic rings. The molecular formula is C17H13ClN4OS. The number of benzene rings is 2. The molecule has 120 valence electrons. The number of hydrogen-bond acceptors (Lipinski definition) is 5. The number of amides is 1. The normalized spacial score (nSPS) is 14.2. The van der Waals surface area contributed by atoms with Crippen LogP contribution in [0.5, 0.6) is 0 Å². The summed E-state index contributed by atoms with van der Waals surface area (Å²) in [6.45, 7) is 0.608. The molecule has 1 aromatic heterocycles. The lowest BCUT2D eigenvalue weighted by Gasteiger charge is -2.11. The smallest absolute Gasteiger partial charge is 0.247 e. The van der Waals surface area contributed by atoms with Gasteiger partial charge in [0.05, 0.1) is 30.4 Å². The Morgan fingerprint density at radius 3 is 2.75 bits per heavy atom. The second kappa shape index (κ2) is 6.30. The third kappa shape index (κ3) is 3.02. The summed E-state index contributed by atoms with van der Waals surface area (Å²) < 4.78 is 8.38. The van der Waals surface area contributed by atoms with Crippen molar-refractivity contribution in [1.82, 2.24) is 13.8 Å². The first kappa shape index (κ1) is 15.2. The predicted octanol–water partition coefficient (Wildman–Crippen LogP) is 3.52. The van der Waals surface area contributed by atoms with Crippen LogP contribution in [-0.2, 0) is 11.2 Å². The van der Waals surface area contributed by atoms with Crippen molar-refractivity contribution in [3.05, 3.63) is 58.6 Å². The Morgan fingerprint density at radius 1 is 1.12 bits per heavy atom. The molecule has 4 rings (SSSR count). The molecule has 0 radical (unpaired) electrons. The topological polar surface area (TPSA) is 58.5 Å². The van der Waals surface area contributed by atoms with Crippen molar-refractivity contribution in [3.8, 4) is 0 Å². The standard InChI is InChI=1S/C17H13ClN4OS/c18-13-4-2-12(3-5-13)14-7-8-22(19-14)17(23)10-11-1-6-15-16(9-11)21-24-20-15/h1-6,9H,7-8,10H2. The lowest BCUT2D eigenvalue weighted by molar-refractivity contribution is -0.130. The molecule has 0 spiro atoms. The average molecular weight is 357 g/mol. The second-order valence-corrected chi connectivity index (χ2v) is 6.55. The molecule has 0 fully saturated rings. The van der Waals surface area contributed by atoms with Gasteiger partial charge in [-0.25, -0.2) is 5.01 Å². The van der Waals surface area contributed by atoms with Gasteiger partial charge < -0.3 is 0 Å². The van der Waals surface area contributed by atoms with Crippen LogP contribution in [0.4, 0.5) is 0 Å². The van der Waals surface area contributed by atoms with Gasteiger partial charge in [0.1, 0.15) is 11.0 Å². The fourth-order valence-corrected chi connectivity index (χ4v) is 3.33. The Labute approximate surface area is 147 Å². The van der Waals surface area contributed by atoms with E-state index in [2.05, 4.69) is 13.8 Å². The number of nitrogens with zero attached hydrogens (tertiary/aromatic N) is 4. The van der Waals surface area contributed by atoms with E-state index in [4.69, 9.17) is 11.6 Å². The van der Waals surface area contributed by atoms with Crippen molar-refractivity contribution in [2.75, 3.05) is 6.54 Å². The number of hydrazone groups is 1. The van der Waals surface area contributed by atoms with E-state index in [9.17, 15) is 4.79 Å². The van der Waals surface area contributed by atoms with Crippen LogP contribution in [0.2, 0.25) is 5.02 Å². The van der Waals surface area contributed by atoms with E-state index in [1.165, 1.54) is 11.7 Å². The molecule has 0 atom stereocenters. The Hall–Kier alpha value is -2.31. The largest absolute Gasteiger partial charge is 0.273 e. The van der Waals surface area contributed by atoms with Crippen molar-refractivity contribution in [2.45, 2.75) is 12.8 Å². The molecule has 0 aliphatic carbocycles. The zero-order valence-corrected chi connectivity index (χ0v) is 14.2. The first-order valence-electron chi connectivity index (χ1n) is 7.54. The van der Waals surface area contributed by atoms with Gasteiger partial charge in [-0.1, -0.05) is 29.8 Å². The lowest BCUT2D eigenvalue weighted by atomic mass is 10.1. The molecule has 1 amide bonds. The second-order valence-electron chi connectivity index (χ2n) is 5.58. The Morgan fingerprint density at radius 2 is 1.92 bits per heavy atom. The predicted molar refractivity (Wildman–Crippen MR) is 95.4 cm³/mol. The number of hydrogen-bond donors (Lipinski definition) is 0. The van der Waals surface area contributed by atoms with Crippen LogP contribution in [0, 0.1) is 0 Å². The van der Waals surface area contributed by atoms with Gasteiger partial charge in [-0.05, 0) is 35.4 Å². The number of carbonyl (C=O) groups is 1. The maximum atomic E-state index is 12.5. The zero-order chi connectivity index (χ0) is 16.5. The highest BCUT2D eigenvalue weighted by molar-refractivity contribution is 7.00. The average Bonchev–Trinajstić information content (AvgIpc) is 3.24. The number of aromatic nitrogens is 2. The molecule has 24 heavy (non-hydrogen) atoms. The summed E-state index contributed by atoms with van der Waals surface area (Å²) in [4.78, 5) is 12.5. The van der Waals surface area contributed by atoms with Gasteiger partial charge in [-0.3, -0.25) is 4.79 Å². The quantitative estimate of drug-likeness (QED) is 0.721. The number of halogens is 1. The molecule has 0 unspecified atom stereocenters. The Bertz CT molecular complexity index is 935. The minimum atomic E-state index is -0.0125. The van der Waals surface area contributed by atoms with Crippen LogP contribution in [0.15, 0.2) is 47.6 Å². The van der Waals surface area contributed by atoms with E-state index in [0.717, 1.165) is 34.3 Å². The van der Waals surface area contributed by atoms with E-state index < -0.39 is 0 Å².